The number of aliphatic hydroxyl groups excluding tert-OH is 1. The molecule has 2 unspecified atom stereocenters. The second-order valence-corrected chi connectivity index (χ2v) is 4.87. The SMILES string of the molecule is CC1CCN(CCn2ccccc2=O)CC1O. The topological polar surface area (TPSA) is 45.5 Å². The maximum absolute atomic E-state index is 11.5. The largest absolute Gasteiger partial charge is 0.392 e. The van der Waals surface area contributed by atoms with Crippen molar-refractivity contribution in [3.05, 3.63) is 34.7 Å². The van der Waals surface area contributed by atoms with Gasteiger partial charge in [0, 0.05) is 31.9 Å². The van der Waals surface area contributed by atoms with Gasteiger partial charge in [-0.3, -0.25) is 9.69 Å². The minimum absolute atomic E-state index is 0.0402. The highest BCUT2D eigenvalue weighted by atomic mass is 16.3. The average molecular weight is 236 g/mol. The lowest BCUT2D eigenvalue weighted by molar-refractivity contribution is 0.0279. The second kappa shape index (κ2) is 5.47. The van der Waals surface area contributed by atoms with Crippen molar-refractivity contribution in [1.29, 1.82) is 0 Å². The molecule has 0 saturated carbocycles. The summed E-state index contributed by atoms with van der Waals surface area (Å²) in [6.45, 7) is 5.35. The first-order valence-electron chi connectivity index (χ1n) is 6.22. The number of pyridine rings is 1. The van der Waals surface area contributed by atoms with Crippen molar-refractivity contribution in [3.8, 4) is 0 Å². The molecule has 1 aromatic rings. The monoisotopic (exact) mass is 236 g/mol. The molecular weight excluding hydrogens is 216 g/mol. The van der Waals surface area contributed by atoms with Crippen molar-refractivity contribution in [3.63, 3.8) is 0 Å². The highest BCUT2D eigenvalue weighted by molar-refractivity contribution is 4.93. The molecule has 4 heteroatoms. The number of hydrogen-bond acceptors (Lipinski definition) is 3. The third-order valence-electron chi connectivity index (χ3n) is 3.56. The molecule has 0 aliphatic carbocycles. The van der Waals surface area contributed by atoms with E-state index in [1.165, 1.54) is 0 Å². The number of likely N-dealkylation sites (tertiary alicyclic amines) is 1. The number of aliphatic hydroxyl groups is 1. The van der Waals surface area contributed by atoms with Gasteiger partial charge in [-0.25, -0.2) is 0 Å². The van der Waals surface area contributed by atoms with E-state index in [1.807, 2.05) is 12.3 Å². The number of β-amino-alcohol motifs (C(OH)–C–C–N with tert-alkyl or cyclic N) is 1. The van der Waals surface area contributed by atoms with E-state index in [-0.39, 0.29) is 11.7 Å². The van der Waals surface area contributed by atoms with E-state index in [0.29, 0.717) is 12.5 Å². The summed E-state index contributed by atoms with van der Waals surface area (Å²) in [6.07, 6.45) is 2.62. The van der Waals surface area contributed by atoms with Gasteiger partial charge in [0.15, 0.2) is 0 Å². The fourth-order valence-electron chi connectivity index (χ4n) is 2.21. The molecule has 17 heavy (non-hydrogen) atoms. The Kier molecular flexibility index (Phi) is 3.97. The van der Waals surface area contributed by atoms with Crippen LogP contribution in [-0.4, -0.2) is 40.3 Å². The molecule has 1 aliphatic heterocycles. The average Bonchev–Trinajstić information content (AvgIpc) is 2.32. The van der Waals surface area contributed by atoms with E-state index >= 15 is 0 Å². The Labute approximate surface area is 101 Å². The highest BCUT2D eigenvalue weighted by Gasteiger charge is 2.23. The molecule has 2 rings (SSSR count). The second-order valence-electron chi connectivity index (χ2n) is 4.87. The van der Waals surface area contributed by atoms with E-state index in [9.17, 15) is 9.90 Å². The molecule has 1 aliphatic rings. The van der Waals surface area contributed by atoms with Gasteiger partial charge in [0.25, 0.3) is 5.56 Å². The molecule has 1 saturated heterocycles. The molecule has 0 amide bonds. The predicted molar refractivity (Wildman–Crippen MR) is 66.9 cm³/mol. The molecule has 1 N–H and O–H groups in total. The first-order chi connectivity index (χ1) is 8.16. The van der Waals surface area contributed by atoms with Crippen LogP contribution in [0.3, 0.4) is 0 Å². The van der Waals surface area contributed by atoms with Crippen molar-refractivity contribution < 1.29 is 5.11 Å². The minimum Gasteiger partial charge on any atom is -0.392 e. The minimum atomic E-state index is -0.226. The summed E-state index contributed by atoms with van der Waals surface area (Å²) in [7, 11) is 0. The zero-order valence-corrected chi connectivity index (χ0v) is 10.2. The highest BCUT2D eigenvalue weighted by Crippen LogP contribution is 2.16. The van der Waals surface area contributed by atoms with Gasteiger partial charge in [0.1, 0.15) is 0 Å². The Balaban J connectivity index is 1.87. The normalized spacial score (nSPS) is 26.0. The number of hydrogen-bond donors (Lipinski definition) is 1. The van der Waals surface area contributed by atoms with Crippen LogP contribution in [0.5, 0.6) is 0 Å². The van der Waals surface area contributed by atoms with E-state index < -0.39 is 0 Å². The number of aromatic nitrogens is 1. The van der Waals surface area contributed by atoms with E-state index in [4.69, 9.17) is 0 Å². The van der Waals surface area contributed by atoms with Crippen molar-refractivity contribution in [2.75, 3.05) is 19.6 Å². The third-order valence-corrected chi connectivity index (χ3v) is 3.56. The predicted octanol–water partition coefficient (Wildman–Crippen LogP) is 0.551. The standard InChI is InChI=1S/C13H20N2O2/c1-11-5-7-14(10-12(11)16)8-9-15-6-3-2-4-13(15)17/h2-4,6,11-12,16H,5,7-10H2,1H3. The molecule has 0 spiro atoms. The lowest BCUT2D eigenvalue weighted by Gasteiger charge is -2.34. The molecule has 4 nitrogen and oxygen atoms in total. The molecule has 1 fully saturated rings. The summed E-state index contributed by atoms with van der Waals surface area (Å²) in [5.74, 6) is 0.394. The van der Waals surface area contributed by atoms with Crippen molar-refractivity contribution in [1.82, 2.24) is 9.47 Å². The maximum Gasteiger partial charge on any atom is 0.250 e. The van der Waals surface area contributed by atoms with Crippen LogP contribution in [0.15, 0.2) is 29.2 Å². The summed E-state index contributed by atoms with van der Waals surface area (Å²) in [6, 6.07) is 5.20. The Hall–Kier alpha value is -1.13. The summed E-state index contributed by atoms with van der Waals surface area (Å²) in [5.41, 5.74) is 0.0402. The number of rotatable bonds is 3. The van der Waals surface area contributed by atoms with Crippen LogP contribution in [0.1, 0.15) is 13.3 Å². The first-order valence-corrected chi connectivity index (χ1v) is 6.22. The van der Waals surface area contributed by atoms with Crippen molar-refractivity contribution in [2.24, 2.45) is 5.92 Å². The van der Waals surface area contributed by atoms with Crippen LogP contribution in [0.2, 0.25) is 0 Å². The fourth-order valence-corrected chi connectivity index (χ4v) is 2.21. The first kappa shape index (κ1) is 12.3. The number of nitrogens with zero attached hydrogens (tertiary/aromatic N) is 2. The van der Waals surface area contributed by atoms with Gasteiger partial charge in [-0.2, -0.15) is 0 Å². The number of piperidine rings is 1. The zero-order valence-electron chi connectivity index (χ0n) is 10.2. The van der Waals surface area contributed by atoms with Crippen LogP contribution < -0.4 is 5.56 Å². The Morgan fingerprint density at radius 2 is 2.24 bits per heavy atom. The van der Waals surface area contributed by atoms with Crippen LogP contribution in [-0.2, 0) is 6.54 Å². The third kappa shape index (κ3) is 3.17. The quantitative estimate of drug-likeness (QED) is 0.833. The van der Waals surface area contributed by atoms with E-state index in [1.54, 1.807) is 16.7 Å². The fraction of sp³-hybridized carbons (Fsp3) is 0.615. The molecule has 1 aromatic heterocycles. The van der Waals surface area contributed by atoms with Crippen molar-refractivity contribution in [2.45, 2.75) is 26.0 Å². The molecule has 2 atom stereocenters. The van der Waals surface area contributed by atoms with Gasteiger partial charge in [-0.05, 0) is 24.9 Å². The lowest BCUT2D eigenvalue weighted by Crippen LogP contribution is -2.44. The van der Waals surface area contributed by atoms with Crippen LogP contribution in [0, 0.1) is 5.92 Å². The van der Waals surface area contributed by atoms with Gasteiger partial charge in [0.05, 0.1) is 6.10 Å². The Morgan fingerprint density at radius 1 is 1.41 bits per heavy atom. The molecule has 94 valence electrons. The summed E-state index contributed by atoms with van der Waals surface area (Å²) in [5, 5.41) is 9.79. The summed E-state index contributed by atoms with van der Waals surface area (Å²) < 4.78 is 1.71. The Morgan fingerprint density at radius 3 is 2.94 bits per heavy atom. The van der Waals surface area contributed by atoms with E-state index in [2.05, 4.69) is 11.8 Å². The van der Waals surface area contributed by atoms with Crippen LogP contribution >= 0.6 is 0 Å². The molecule has 0 radical (unpaired) electrons. The molecule has 2 heterocycles. The smallest absolute Gasteiger partial charge is 0.250 e. The van der Waals surface area contributed by atoms with Gasteiger partial charge in [0.2, 0.25) is 0 Å². The Bertz CT molecular complexity index is 416. The van der Waals surface area contributed by atoms with Gasteiger partial charge < -0.3 is 9.67 Å². The van der Waals surface area contributed by atoms with Gasteiger partial charge in [-0.15, -0.1) is 0 Å². The lowest BCUT2D eigenvalue weighted by atomic mass is 9.96. The maximum atomic E-state index is 11.5. The van der Waals surface area contributed by atoms with Crippen LogP contribution in [0.4, 0.5) is 0 Å². The van der Waals surface area contributed by atoms with Gasteiger partial charge >= 0.3 is 0 Å². The van der Waals surface area contributed by atoms with Crippen molar-refractivity contribution >= 4 is 0 Å². The molecule has 0 aromatic carbocycles. The zero-order chi connectivity index (χ0) is 12.3. The van der Waals surface area contributed by atoms with Gasteiger partial charge in [-0.1, -0.05) is 13.0 Å². The molecule has 0 bridgehead atoms. The summed E-state index contributed by atoms with van der Waals surface area (Å²) >= 11 is 0. The summed E-state index contributed by atoms with van der Waals surface area (Å²) in [4.78, 5) is 13.7. The molecular formula is C13H20N2O2. The van der Waals surface area contributed by atoms with E-state index in [0.717, 1.165) is 26.1 Å². The van der Waals surface area contributed by atoms with Crippen LogP contribution in [0.25, 0.3) is 0 Å².